The van der Waals surface area contributed by atoms with Crippen LogP contribution in [0.25, 0.3) is 0 Å². The molecule has 2 aliphatic carbocycles. The molecule has 0 heterocycles. The van der Waals surface area contributed by atoms with Crippen LogP contribution in [0.2, 0.25) is 0 Å². The Morgan fingerprint density at radius 2 is 1.80 bits per heavy atom. The van der Waals surface area contributed by atoms with E-state index in [9.17, 15) is 5.11 Å². The Morgan fingerprint density at radius 3 is 2.35 bits per heavy atom. The lowest BCUT2D eigenvalue weighted by Crippen LogP contribution is -2.59. The summed E-state index contributed by atoms with van der Waals surface area (Å²) in [4.78, 5) is 0. The lowest BCUT2D eigenvalue weighted by molar-refractivity contribution is -0.150. The van der Waals surface area contributed by atoms with Crippen LogP contribution < -0.4 is 5.73 Å². The molecule has 0 amide bonds. The maximum atomic E-state index is 11.6. The molecule has 0 bridgehead atoms. The van der Waals surface area contributed by atoms with Gasteiger partial charge in [0.2, 0.25) is 0 Å². The van der Waals surface area contributed by atoms with Gasteiger partial charge in [0.25, 0.3) is 0 Å². The number of fused-ring (bicyclic) bond motifs is 1. The monoisotopic (exact) mass is 273 g/mol. The number of benzene rings is 1. The number of aliphatic hydroxyl groups is 1. The summed E-state index contributed by atoms with van der Waals surface area (Å²) in [7, 11) is 0. The molecule has 2 heteroatoms. The molecule has 3 unspecified atom stereocenters. The van der Waals surface area contributed by atoms with Gasteiger partial charge in [0.15, 0.2) is 0 Å². The zero-order valence-electron chi connectivity index (χ0n) is 12.7. The molecule has 110 valence electrons. The van der Waals surface area contributed by atoms with Crippen LogP contribution in [-0.4, -0.2) is 17.3 Å². The van der Waals surface area contributed by atoms with E-state index < -0.39 is 5.60 Å². The molecule has 0 spiro atoms. The normalized spacial score (nSPS) is 35.8. The predicted octanol–water partition coefficient (Wildman–Crippen LogP) is 2.92. The Labute approximate surface area is 122 Å². The zero-order valence-corrected chi connectivity index (χ0v) is 12.7. The summed E-state index contributed by atoms with van der Waals surface area (Å²) in [5.74, 6) is 0.912. The number of nitrogens with two attached hydrogens (primary N) is 1. The molecule has 0 aromatic heterocycles. The van der Waals surface area contributed by atoms with Crippen LogP contribution in [0.1, 0.15) is 44.2 Å². The highest BCUT2D eigenvalue weighted by Gasteiger charge is 2.56. The highest BCUT2D eigenvalue weighted by atomic mass is 16.3. The second-order valence-electron chi connectivity index (χ2n) is 7.19. The lowest BCUT2D eigenvalue weighted by Gasteiger charge is -2.53. The highest BCUT2D eigenvalue weighted by Crippen LogP contribution is 2.53. The van der Waals surface area contributed by atoms with Gasteiger partial charge in [0, 0.05) is 12.0 Å². The molecule has 1 saturated carbocycles. The van der Waals surface area contributed by atoms with Gasteiger partial charge in [0.1, 0.15) is 0 Å². The van der Waals surface area contributed by atoms with Crippen molar-refractivity contribution in [2.75, 3.05) is 6.54 Å². The predicted molar refractivity (Wildman–Crippen MR) is 82.5 cm³/mol. The average molecular weight is 273 g/mol. The second-order valence-corrected chi connectivity index (χ2v) is 7.19. The SMILES string of the molecule is CC1CCCC(O)(C2(CN)Cc3ccccc3C2)C1C. The average Bonchev–Trinajstić information content (AvgIpc) is 2.85. The summed E-state index contributed by atoms with van der Waals surface area (Å²) in [6, 6.07) is 8.60. The first-order valence-electron chi connectivity index (χ1n) is 8.02. The van der Waals surface area contributed by atoms with Crippen LogP contribution in [0.5, 0.6) is 0 Å². The van der Waals surface area contributed by atoms with Crippen LogP contribution in [0.3, 0.4) is 0 Å². The third-order valence-corrected chi connectivity index (χ3v) is 6.31. The largest absolute Gasteiger partial charge is 0.389 e. The van der Waals surface area contributed by atoms with Gasteiger partial charge >= 0.3 is 0 Å². The summed E-state index contributed by atoms with van der Waals surface area (Å²) in [5.41, 5.74) is 8.21. The number of rotatable bonds is 2. The van der Waals surface area contributed by atoms with Crippen LogP contribution in [0, 0.1) is 17.3 Å². The van der Waals surface area contributed by atoms with Crippen molar-refractivity contribution in [2.45, 2.75) is 51.6 Å². The van der Waals surface area contributed by atoms with E-state index in [4.69, 9.17) is 5.73 Å². The van der Waals surface area contributed by atoms with E-state index in [0.717, 1.165) is 25.7 Å². The van der Waals surface area contributed by atoms with Crippen molar-refractivity contribution < 1.29 is 5.11 Å². The van der Waals surface area contributed by atoms with E-state index >= 15 is 0 Å². The minimum Gasteiger partial charge on any atom is -0.389 e. The van der Waals surface area contributed by atoms with E-state index in [0.29, 0.717) is 18.4 Å². The van der Waals surface area contributed by atoms with Gasteiger partial charge in [0.05, 0.1) is 5.60 Å². The smallest absolute Gasteiger partial charge is 0.0750 e. The minimum absolute atomic E-state index is 0.162. The van der Waals surface area contributed by atoms with Crippen LogP contribution >= 0.6 is 0 Å². The maximum Gasteiger partial charge on any atom is 0.0750 e. The number of hydrogen-bond acceptors (Lipinski definition) is 2. The fraction of sp³-hybridized carbons (Fsp3) is 0.667. The van der Waals surface area contributed by atoms with Crippen LogP contribution in [0.15, 0.2) is 24.3 Å². The zero-order chi connectivity index (χ0) is 14.4. The summed E-state index contributed by atoms with van der Waals surface area (Å²) in [6.07, 6.45) is 5.14. The van der Waals surface area contributed by atoms with Crippen molar-refractivity contribution in [1.29, 1.82) is 0 Å². The van der Waals surface area contributed by atoms with Crippen molar-refractivity contribution in [3.05, 3.63) is 35.4 Å². The molecule has 3 rings (SSSR count). The van der Waals surface area contributed by atoms with E-state index in [1.165, 1.54) is 17.5 Å². The molecule has 1 aromatic carbocycles. The third-order valence-electron chi connectivity index (χ3n) is 6.31. The Morgan fingerprint density at radius 1 is 1.20 bits per heavy atom. The second kappa shape index (κ2) is 4.85. The molecule has 1 fully saturated rings. The van der Waals surface area contributed by atoms with Gasteiger partial charge < -0.3 is 10.8 Å². The van der Waals surface area contributed by atoms with E-state index in [-0.39, 0.29) is 5.41 Å². The summed E-state index contributed by atoms with van der Waals surface area (Å²) >= 11 is 0. The quantitative estimate of drug-likeness (QED) is 0.870. The first-order chi connectivity index (χ1) is 9.52. The molecular formula is C18H27NO. The van der Waals surface area contributed by atoms with Crippen molar-refractivity contribution in [3.8, 4) is 0 Å². The Kier molecular flexibility index (Phi) is 3.42. The summed E-state index contributed by atoms with van der Waals surface area (Å²) in [6.45, 7) is 5.08. The first-order valence-corrected chi connectivity index (χ1v) is 8.02. The molecular weight excluding hydrogens is 246 g/mol. The van der Waals surface area contributed by atoms with Crippen molar-refractivity contribution in [2.24, 2.45) is 23.0 Å². The van der Waals surface area contributed by atoms with E-state index in [2.05, 4.69) is 38.1 Å². The van der Waals surface area contributed by atoms with Gasteiger partial charge in [-0.05, 0) is 42.2 Å². The Balaban J connectivity index is 1.99. The van der Waals surface area contributed by atoms with Gasteiger partial charge in [-0.1, -0.05) is 51.0 Å². The maximum absolute atomic E-state index is 11.6. The highest BCUT2D eigenvalue weighted by molar-refractivity contribution is 5.36. The molecule has 3 atom stereocenters. The molecule has 3 N–H and O–H groups in total. The summed E-state index contributed by atoms with van der Waals surface area (Å²) in [5, 5.41) is 11.6. The summed E-state index contributed by atoms with van der Waals surface area (Å²) < 4.78 is 0. The van der Waals surface area contributed by atoms with Crippen LogP contribution in [0.4, 0.5) is 0 Å². The van der Waals surface area contributed by atoms with E-state index in [1.54, 1.807) is 0 Å². The number of hydrogen-bond donors (Lipinski definition) is 2. The van der Waals surface area contributed by atoms with Gasteiger partial charge in [-0.3, -0.25) is 0 Å². The van der Waals surface area contributed by atoms with Crippen molar-refractivity contribution in [1.82, 2.24) is 0 Å². The fourth-order valence-corrected chi connectivity index (χ4v) is 4.71. The van der Waals surface area contributed by atoms with E-state index in [1.807, 2.05) is 0 Å². The molecule has 2 aliphatic rings. The van der Waals surface area contributed by atoms with Crippen LogP contribution in [-0.2, 0) is 12.8 Å². The Bertz CT molecular complexity index is 473. The first kappa shape index (κ1) is 14.1. The lowest BCUT2D eigenvalue weighted by atomic mass is 9.56. The van der Waals surface area contributed by atoms with Gasteiger partial charge in [-0.2, -0.15) is 0 Å². The molecule has 20 heavy (non-hydrogen) atoms. The molecule has 0 aliphatic heterocycles. The molecule has 2 nitrogen and oxygen atoms in total. The van der Waals surface area contributed by atoms with Crippen molar-refractivity contribution >= 4 is 0 Å². The third kappa shape index (κ3) is 1.85. The standard InChI is InChI=1S/C18H27NO/c1-13-6-5-9-18(20,14(13)2)17(12-19)10-15-7-3-4-8-16(15)11-17/h3-4,7-8,13-14,20H,5-6,9-12,19H2,1-2H3. The van der Waals surface area contributed by atoms with Gasteiger partial charge in [-0.15, -0.1) is 0 Å². The van der Waals surface area contributed by atoms with Crippen molar-refractivity contribution in [3.63, 3.8) is 0 Å². The fourth-order valence-electron chi connectivity index (χ4n) is 4.71. The molecule has 1 aromatic rings. The molecule has 0 radical (unpaired) electrons. The minimum atomic E-state index is -0.613. The topological polar surface area (TPSA) is 46.2 Å². The Hall–Kier alpha value is -0.860. The van der Waals surface area contributed by atoms with Gasteiger partial charge in [-0.25, -0.2) is 0 Å². The molecule has 0 saturated heterocycles.